The quantitative estimate of drug-likeness (QED) is 0.835. The van der Waals surface area contributed by atoms with Gasteiger partial charge < -0.3 is 15.4 Å². The molecule has 0 aromatic rings. The Kier molecular flexibility index (Phi) is 5.23. The van der Waals surface area contributed by atoms with E-state index < -0.39 is 0 Å². The number of rotatable bonds is 4. The fourth-order valence-corrected chi connectivity index (χ4v) is 3.50. The summed E-state index contributed by atoms with van der Waals surface area (Å²) in [6.45, 7) is 9.86. The highest BCUT2D eigenvalue weighted by atomic mass is 16.5. The van der Waals surface area contributed by atoms with Gasteiger partial charge in [-0.3, -0.25) is 4.90 Å². The standard InChI is InChI=1S/C15H31N3O/c1-15(2)7-9-17(3)11-13(6-8-16)18(15)12-14-5-4-10-19-14/h13-14H,4-12,16H2,1-3H3. The average Bonchev–Trinajstić information content (AvgIpc) is 2.82. The molecule has 0 aromatic carbocycles. The zero-order chi connectivity index (χ0) is 13.9. The van der Waals surface area contributed by atoms with E-state index in [1.165, 1.54) is 25.8 Å². The second-order valence-corrected chi connectivity index (χ2v) is 6.84. The second kappa shape index (κ2) is 6.53. The maximum atomic E-state index is 5.86. The number of nitrogens with zero attached hydrogens (tertiary/aromatic N) is 2. The van der Waals surface area contributed by atoms with Gasteiger partial charge in [0.2, 0.25) is 0 Å². The third-order valence-corrected chi connectivity index (χ3v) is 4.77. The first-order valence-corrected chi connectivity index (χ1v) is 7.80. The van der Waals surface area contributed by atoms with Gasteiger partial charge in [0, 0.05) is 31.3 Å². The largest absolute Gasteiger partial charge is 0.377 e. The molecular formula is C15H31N3O. The van der Waals surface area contributed by atoms with Gasteiger partial charge in [0.15, 0.2) is 0 Å². The molecule has 2 N–H and O–H groups in total. The van der Waals surface area contributed by atoms with Crippen LogP contribution < -0.4 is 5.73 Å². The van der Waals surface area contributed by atoms with E-state index in [4.69, 9.17) is 10.5 Å². The summed E-state index contributed by atoms with van der Waals surface area (Å²) in [5.41, 5.74) is 6.08. The maximum absolute atomic E-state index is 5.86. The van der Waals surface area contributed by atoms with Gasteiger partial charge in [0.1, 0.15) is 0 Å². The predicted octanol–water partition coefficient (Wildman–Crippen LogP) is 1.30. The smallest absolute Gasteiger partial charge is 0.0703 e. The van der Waals surface area contributed by atoms with Crippen LogP contribution in [0.15, 0.2) is 0 Å². The van der Waals surface area contributed by atoms with Crippen molar-refractivity contribution >= 4 is 0 Å². The van der Waals surface area contributed by atoms with E-state index in [0.29, 0.717) is 12.1 Å². The highest BCUT2D eigenvalue weighted by Crippen LogP contribution is 2.29. The van der Waals surface area contributed by atoms with Crippen LogP contribution in [0.5, 0.6) is 0 Å². The lowest BCUT2D eigenvalue weighted by molar-refractivity contribution is 0.00704. The lowest BCUT2D eigenvalue weighted by atomic mass is 9.95. The summed E-state index contributed by atoms with van der Waals surface area (Å²) in [5.74, 6) is 0. The third-order valence-electron chi connectivity index (χ3n) is 4.77. The molecule has 2 rings (SSSR count). The van der Waals surface area contributed by atoms with Gasteiger partial charge >= 0.3 is 0 Å². The summed E-state index contributed by atoms with van der Waals surface area (Å²) >= 11 is 0. The molecule has 0 aromatic heterocycles. The summed E-state index contributed by atoms with van der Waals surface area (Å²) in [6.07, 6.45) is 5.18. The van der Waals surface area contributed by atoms with Crippen LogP contribution in [-0.2, 0) is 4.74 Å². The van der Waals surface area contributed by atoms with Crippen molar-refractivity contribution in [1.82, 2.24) is 9.80 Å². The van der Waals surface area contributed by atoms with Crippen molar-refractivity contribution in [3.05, 3.63) is 0 Å². The van der Waals surface area contributed by atoms with E-state index in [0.717, 1.165) is 32.7 Å². The molecule has 2 fully saturated rings. The molecule has 112 valence electrons. The molecule has 4 heteroatoms. The molecule has 2 atom stereocenters. The average molecular weight is 269 g/mol. The van der Waals surface area contributed by atoms with Gasteiger partial charge in [-0.2, -0.15) is 0 Å². The zero-order valence-corrected chi connectivity index (χ0v) is 12.9. The molecule has 4 nitrogen and oxygen atoms in total. The van der Waals surface area contributed by atoms with Crippen LogP contribution in [0.25, 0.3) is 0 Å². The fraction of sp³-hybridized carbons (Fsp3) is 1.00. The highest BCUT2D eigenvalue weighted by Gasteiger charge is 2.37. The van der Waals surface area contributed by atoms with E-state index in [1.807, 2.05) is 0 Å². The number of hydrogen-bond acceptors (Lipinski definition) is 4. The molecule has 0 amide bonds. The van der Waals surface area contributed by atoms with E-state index in [-0.39, 0.29) is 5.54 Å². The summed E-state index contributed by atoms with van der Waals surface area (Å²) in [5, 5.41) is 0. The molecule has 2 saturated heterocycles. The SMILES string of the molecule is CN1CCC(C)(C)N(CC2CCCO2)C(CCN)C1. The number of nitrogens with two attached hydrogens (primary N) is 1. The third kappa shape index (κ3) is 3.91. The summed E-state index contributed by atoms with van der Waals surface area (Å²) in [6, 6.07) is 0.566. The fourth-order valence-electron chi connectivity index (χ4n) is 3.50. The van der Waals surface area contributed by atoms with Crippen LogP contribution in [-0.4, -0.2) is 67.3 Å². The van der Waals surface area contributed by atoms with Crippen molar-refractivity contribution in [3.8, 4) is 0 Å². The Hall–Kier alpha value is -0.160. The molecular weight excluding hydrogens is 238 g/mol. The Balaban J connectivity index is 2.09. The molecule has 2 heterocycles. The van der Waals surface area contributed by atoms with Crippen LogP contribution in [0.1, 0.15) is 39.5 Å². The van der Waals surface area contributed by atoms with Crippen LogP contribution in [0.3, 0.4) is 0 Å². The topological polar surface area (TPSA) is 41.7 Å². The normalized spacial score (nSPS) is 33.5. The van der Waals surface area contributed by atoms with Crippen molar-refractivity contribution in [1.29, 1.82) is 0 Å². The first kappa shape index (κ1) is 15.2. The first-order valence-electron chi connectivity index (χ1n) is 7.80. The van der Waals surface area contributed by atoms with Gasteiger partial charge in [0.25, 0.3) is 0 Å². The van der Waals surface area contributed by atoms with Gasteiger partial charge in [-0.25, -0.2) is 0 Å². The van der Waals surface area contributed by atoms with Crippen LogP contribution >= 0.6 is 0 Å². The lowest BCUT2D eigenvalue weighted by Crippen LogP contribution is -2.53. The summed E-state index contributed by atoms with van der Waals surface area (Å²) < 4.78 is 5.86. The number of likely N-dealkylation sites (N-methyl/N-ethyl adjacent to an activating group) is 1. The lowest BCUT2D eigenvalue weighted by Gasteiger charge is -2.43. The van der Waals surface area contributed by atoms with Gasteiger partial charge in [-0.05, 0) is 59.7 Å². The Labute approximate surface area is 118 Å². The van der Waals surface area contributed by atoms with Crippen molar-refractivity contribution < 1.29 is 4.74 Å². The highest BCUT2D eigenvalue weighted by molar-refractivity contribution is 4.93. The van der Waals surface area contributed by atoms with Crippen LogP contribution in [0, 0.1) is 0 Å². The molecule has 2 aliphatic heterocycles. The van der Waals surface area contributed by atoms with E-state index >= 15 is 0 Å². The van der Waals surface area contributed by atoms with Gasteiger partial charge in [-0.1, -0.05) is 0 Å². The Bertz CT molecular complexity index is 277. The molecule has 2 aliphatic rings. The monoisotopic (exact) mass is 269 g/mol. The molecule has 0 radical (unpaired) electrons. The molecule has 0 aliphatic carbocycles. The van der Waals surface area contributed by atoms with Crippen molar-refractivity contribution in [2.75, 3.05) is 39.8 Å². The molecule has 0 saturated carbocycles. The van der Waals surface area contributed by atoms with E-state index in [9.17, 15) is 0 Å². The van der Waals surface area contributed by atoms with Crippen molar-refractivity contribution in [3.63, 3.8) is 0 Å². The molecule has 2 unspecified atom stereocenters. The Morgan fingerprint density at radius 3 is 2.79 bits per heavy atom. The summed E-state index contributed by atoms with van der Waals surface area (Å²) in [4.78, 5) is 5.14. The zero-order valence-electron chi connectivity index (χ0n) is 12.9. The van der Waals surface area contributed by atoms with Gasteiger partial charge in [-0.15, -0.1) is 0 Å². The molecule has 0 bridgehead atoms. The first-order chi connectivity index (χ1) is 9.03. The minimum atomic E-state index is 0.247. The van der Waals surface area contributed by atoms with Crippen LogP contribution in [0.2, 0.25) is 0 Å². The Morgan fingerprint density at radius 2 is 2.16 bits per heavy atom. The van der Waals surface area contributed by atoms with E-state index in [2.05, 4.69) is 30.7 Å². The number of hydrogen-bond donors (Lipinski definition) is 1. The minimum Gasteiger partial charge on any atom is -0.377 e. The second-order valence-electron chi connectivity index (χ2n) is 6.84. The minimum absolute atomic E-state index is 0.247. The number of ether oxygens (including phenoxy) is 1. The Morgan fingerprint density at radius 1 is 1.37 bits per heavy atom. The molecule has 19 heavy (non-hydrogen) atoms. The van der Waals surface area contributed by atoms with Crippen molar-refractivity contribution in [2.45, 2.75) is 57.2 Å². The summed E-state index contributed by atoms with van der Waals surface area (Å²) in [7, 11) is 2.23. The molecule has 0 spiro atoms. The van der Waals surface area contributed by atoms with Crippen LogP contribution in [0.4, 0.5) is 0 Å². The van der Waals surface area contributed by atoms with E-state index in [1.54, 1.807) is 0 Å². The van der Waals surface area contributed by atoms with Gasteiger partial charge in [0.05, 0.1) is 6.10 Å². The maximum Gasteiger partial charge on any atom is 0.0703 e. The predicted molar refractivity (Wildman–Crippen MR) is 79.3 cm³/mol. The van der Waals surface area contributed by atoms with Crippen molar-refractivity contribution in [2.24, 2.45) is 5.73 Å².